The number of ether oxygens (including phenoxy) is 1. The van der Waals surface area contributed by atoms with Gasteiger partial charge in [-0.1, -0.05) is 42.2 Å². The SMILES string of the molecule is N#Cc1ccc(-c2ccc(OCCCCCCN=[N+]=[N-])cc2)cc1. The Labute approximate surface area is 142 Å². The van der Waals surface area contributed by atoms with Crippen LogP contribution in [-0.2, 0) is 0 Å². The fraction of sp³-hybridized carbons (Fsp3) is 0.316. The molecule has 0 atom stereocenters. The van der Waals surface area contributed by atoms with Crippen LogP contribution in [0.25, 0.3) is 21.6 Å². The number of azide groups is 1. The normalized spacial score (nSPS) is 9.79. The Morgan fingerprint density at radius 2 is 1.54 bits per heavy atom. The first-order chi connectivity index (χ1) is 11.8. The second-order valence-corrected chi connectivity index (χ2v) is 5.43. The first-order valence-corrected chi connectivity index (χ1v) is 8.08. The van der Waals surface area contributed by atoms with Gasteiger partial charge < -0.3 is 4.74 Å². The molecule has 0 saturated heterocycles. The predicted octanol–water partition coefficient (Wildman–Crippen LogP) is 5.47. The van der Waals surface area contributed by atoms with Crippen LogP contribution in [0.1, 0.15) is 31.2 Å². The molecule has 0 aromatic heterocycles. The van der Waals surface area contributed by atoms with Crippen molar-refractivity contribution in [1.29, 1.82) is 5.26 Å². The van der Waals surface area contributed by atoms with Gasteiger partial charge in [-0.3, -0.25) is 0 Å². The number of unbranched alkanes of at least 4 members (excludes halogenated alkanes) is 3. The van der Waals surface area contributed by atoms with Crippen molar-refractivity contribution in [2.24, 2.45) is 5.11 Å². The van der Waals surface area contributed by atoms with E-state index in [2.05, 4.69) is 16.1 Å². The second-order valence-electron chi connectivity index (χ2n) is 5.43. The lowest BCUT2D eigenvalue weighted by Crippen LogP contribution is -1.97. The van der Waals surface area contributed by atoms with Gasteiger partial charge in [0.1, 0.15) is 5.75 Å². The number of nitrogens with zero attached hydrogens (tertiary/aromatic N) is 4. The van der Waals surface area contributed by atoms with Crippen LogP contribution in [0, 0.1) is 11.3 Å². The fourth-order valence-corrected chi connectivity index (χ4v) is 2.35. The summed E-state index contributed by atoms with van der Waals surface area (Å²) in [6, 6.07) is 17.6. The number of rotatable bonds is 9. The molecule has 0 aliphatic carbocycles. The molecule has 0 fully saturated rings. The smallest absolute Gasteiger partial charge is 0.119 e. The molecule has 5 heteroatoms. The average Bonchev–Trinajstić information content (AvgIpc) is 2.64. The fourth-order valence-electron chi connectivity index (χ4n) is 2.35. The molecule has 5 nitrogen and oxygen atoms in total. The van der Waals surface area contributed by atoms with Crippen LogP contribution in [-0.4, -0.2) is 13.2 Å². The highest BCUT2D eigenvalue weighted by molar-refractivity contribution is 5.64. The third-order valence-electron chi connectivity index (χ3n) is 3.69. The van der Waals surface area contributed by atoms with Crippen LogP contribution >= 0.6 is 0 Å². The maximum atomic E-state index is 8.82. The summed E-state index contributed by atoms with van der Waals surface area (Å²) in [4.78, 5) is 2.73. The van der Waals surface area contributed by atoms with Crippen LogP contribution in [0.5, 0.6) is 5.75 Å². The van der Waals surface area contributed by atoms with Crippen LogP contribution < -0.4 is 4.74 Å². The van der Waals surface area contributed by atoms with Gasteiger partial charge >= 0.3 is 0 Å². The first kappa shape index (κ1) is 17.4. The Kier molecular flexibility index (Phi) is 7.20. The summed E-state index contributed by atoms with van der Waals surface area (Å²) in [5, 5.41) is 12.3. The van der Waals surface area contributed by atoms with E-state index in [-0.39, 0.29) is 0 Å². The maximum Gasteiger partial charge on any atom is 0.119 e. The van der Waals surface area contributed by atoms with E-state index in [1.165, 1.54) is 0 Å². The van der Waals surface area contributed by atoms with Gasteiger partial charge in [-0.05, 0) is 53.8 Å². The van der Waals surface area contributed by atoms with Gasteiger partial charge in [0.05, 0.1) is 18.2 Å². The van der Waals surface area contributed by atoms with Crippen LogP contribution in [0.2, 0.25) is 0 Å². The Balaban J connectivity index is 1.73. The molecule has 0 amide bonds. The molecule has 122 valence electrons. The van der Waals surface area contributed by atoms with Crippen molar-refractivity contribution < 1.29 is 4.74 Å². The summed E-state index contributed by atoms with van der Waals surface area (Å²) in [6.07, 6.45) is 4.06. The molecule has 0 bridgehead atoms. The van der Waals surface area contributed by atoms with Crippen molar-refractivity contribution >= 4 is 0 Å². The molecule has 0 aliphatic heterocycles. The highest BCUT2D eigenvalue weighted by atomic mass is 16.5. The molecule has 2 aromatic carbocycles. The Morgan fingerprint density at radius 3 is 2.17 bits per heavy atom. The standard InChI is InChI=1S/C19H20N4O/c20-15-16-5-7-17(8-6-16)18-9-11-19(12-10-18)24-14-4-2-1-3-13-22-23-21/h5-12H,1-4,13-14H2. The maximum absolute atomic E-state index is 8.82. The predicted molar refractivity (Wildman–Crippen MR) is 94.6 cm³/mol. The van der Waals surface area contributed by atoms with Crippen molar-refractivity contribution in [1.82, 2.24) is 0 Å². The monoisotopic (exact) mass is 320 g/mol. The summed E-state index contributed by atoms with van der Waals surface area (Å²) in [5.41, 5.74) is 11.0. The van der Waals surface area contributed by atoms with Crippen molar-refractivity contribution in [3.63, 3.8) is 0 Å². The van der Waals surface area contributed by atoms with Crippen molar-refractivity contribution in [2.45, 2.75) is 25.7 Å². The Hall–Kier alpha value is -2.96. The lowest BCUT2D eigenvalue weighted by atomic mass is 10.0. The number of benzene rings is 2. The van der Waals surface area contributed by atoms with Gasteiger partial charge in [0, 0.05) is 11.5 Å². The van der Waals surface area contributed by atoms with Gasteiger partial charge in [0.15, 0.2) is 0 Å². The molecule has 0 aliphatic rings. The zero-order chi connectivity index (χ0) is 17.0. The number of hydrogen-bond acceptors (Lipinski definition) is 3. The summed E-state index contributed by atoms with van der Waals surface area (Å²) in [6.45, 7) is 1.27. The van der Waals surface area contributed by atoms with Crippen LogP contribution in [0.3, 0.4) is 0 Å². The molecule has 0 heterocycles. The molecule has 2 rings (SSSR count). The Morgan fingerprint density at radius 1 is 0.917 bits per heavy atom. The Bertz CT molecular complexity index is 711. The average molecular weight is 320 g/mol. The number of nitriles is 1. The van der Waals surface area contributed by atoms with E-state index in [0.29, 0.717) is 18.7 Å². The van der Waals surface area contributed by atoms with Crippen molar-refractivity contribution in [3.8, 4) is 22.9 Å². The van der Waals surface area contributed by atoms with E-state index in [1.54, 1.807) is 0 Å². The van der Waals surface area contributed by atoms with Crippen molar-refractivity contribution in [3.05, 3.63) is 64.5 Å². The van der Waals surface area contributed by atoms with E-state index in [4.69, 9.17) is 15.5 Å². The second kappa shape index (κ2) is 9.94. The van der Waals surface area contributed by atoms with Gasteiger partial charge in [-0.15, -0.1) is 0 Å². The minimum atomic E-state index is 0.578. The van der Waals surface area contributed by atoms with Gasteiger partial charge in [0.25, 0.3) is 0 Å². The van der Waals surface area contributed by atoms with E-state index in [0.717, 1.165) is 42.6 Å². The molecule has 24 heavy (non-hydrogen) atoms. The lowest BCUT2D eigenvalue weighted by Gasteiger charge is -2.07. The quantitative estimate of drug-likeness (QED) is 0.265. The summed E-state index contributed by atoms with van der Waals surface area (Å²) in [5.74, 6) is 0.862. The summed E-state index contributed by atoms with van der Waals surface area (Å²) in [7, 11) is 0. The van der Waals surface area contributed by atoms with E-state index < -0.39 is 0 Å². The molecular formula is C19H20N4O. The van der Waals surface area contributed by atoms with E-state index in [9.17, 15) is 0 Å². The van der Waals surface area contributed by atoms with Gasteiger partial charge in [0.2, 0.25) is 0 Å². The third-order valence-corrected chi connectivity index (χ3v) is 3.69. The molecule has 0 saturated carbocycles. The van der Waals surface area contributed by atoms with Crippen LogP contribution in [0.4, 0.5) is 0 Å². The highest BCUT2D eigenvalue weighted by Crippen LogP contribution is 2.23. The number of hydrogen-bond donors (Lipinski definition) is 0. The first-order valence-electron chi connectivity index (χ1n) is 8.08. The van der Waals surface area contributed by atoms with E-state index >= 15 is 0 Å². The zero-order valence-electron chi connectivity index (χ0n) is 13.6. The lowest BCUT2D eigenvalue weighted by molar-refractivity contribution is 0.305. The molecule has 0 unspecified atom stereocenters. The molecule has 0 spiro atoms. The molecule has 0 radical (unpaired) electrons. The summed E-state index contributed by atoms with van der Waals surface area (Å²) < 4.78 is 5.74. The minimum Gasteiger partial charge on any atom is -0.494 e. The largest absolute Gasteiger partial charge is 0.494 e. The van der Waals surface area contributed by atoms with E-state index in [1.807, 2.05) is 48.5 Å². The summed E-state index contributed by atoms with van der Waals surface area (Å²) >= 11 is 0. The molecule has 2 aromatic rings. The highest BCUT2D eigenvalue weighted by Gasteiger charge is 2.00. The third kappa shape index (κ3) is 5.68. The zero-order valence-corrected chi connectivity index (χ0v) is 13.6. The van der Waals surface area contributed by atoms with Crippen molar-refractivity contribution in [2.75, 3.05) is 13.2 Å². The molecular weight excluding hydrogens is 300 g/mol. The van der Waals surface area contributed by atoms with Gasteiger partial charge in [-0.2, -0.15) is 5.26 Å². The topological polar surface area (TPSA) is 81.8 Å². The minimum absolute atomic E-state index is 0.578. The van der Waals surface area contributed by atoms with Crippen LogP contribution in [0.15, 0.2) is 53.6 Å². The molecule has 0 N–H and O–H groups in total. The van der Waals surface area contributed by atoms with Gasteiger partial charge in [-0.25, -0.2) is 0 Å².